The van der Waals surface area contributed by atoms with E-state index in [1.807, 2.05) is 38.2 Å². The fourth-order valence-electron chi connectivity index (χ4n) is 1.51. The molecule has 0 aliphatic heterocycles. The van der Waals surface area contributed by atoms with Crippen molar-refractivity contribution in [2.75, 3.05) is 6.54 Å². The minimum Gasteiger partial charge on any atom is -0.361 e. The Morgan fingerprint density at radius 1 is 1.33 bits per heavy atom. The Kier molecular flexibility index (Phi) is 4.66. The highest BCUT2D eigenvalue weighted by Crippen LogP contribution is 2.22. The maximum atomic E-state index is 5.90. The summed E-state index contributed by atoms with van der Waals surface area (Å²) in [6.45, 7) is 4.67. The lowest BCUT2D eigenvalue weighted by Gasteiger charge is -1.95. The van der Waals surface area contributed by atoms with Crippen LogP contribution >= 0.6 is 11.6 Å². The fraction of sp³-hybridized carbons (Fsp3) is 0.333. The van der Waals surface area contributed by atoms with Gasteiger partial charge in [-0.15, -0.1) is 0 Å². The zero-order valence-corrected chi connectivity index (χ0v) is 9.93. The van der Waals surface area contributed by atoms with E-state index in [1.54, 1.807) is 0 Å². The van der Waals surface area contributed by atoms with Crippen LogP contribution in [0, 0.1) is 0 Å². The Bertz CT molecular complexity index is 420. The number of aromatic amines is 1. The van der Waals surface area contributed by atoms with Crippen LogP contribution in [0.15, 0.2) is 24.4 Å². The molecule has 0 aliphatic rings. The van der Waals surface area contributed by atoms with E-state index in [1.165, 1.54) is 10.9 Å². The highest BCUT2D eigenvalue weighted by Gasteiger charge is 2.02. The molecule has 0 fully saturated rings. The lowest BCUT2D eigenvalue weighted by atomic mass is 10.1. The summed E-state index contributed by atoms with van der Waals surface area (Å²) in [4.78, 5) is 3.19. The third-order valence-electron chi connectivity index (χ3n) is 2.14. The molecular weight excluding hydrogens is 208 g/mol. The first kappa shape index (κ1) is 12.1. The Hall–Kier alpha value is -0.990. The molecule has 0 radical (unpaired) electrons. The summed E-state index contributed by atoms with van der Waals surface area (Å²) in [7, 11) is 0. The van der Waals surface area contributed by atoms with Crippen LogP contribution in [0.3, 0.4) is 0 Å². The van der Waals surface area contributed by atoms with Crippen LogP contribution in [0.2, 0.25) is 5.02 Å². The largest absolute Gasteiger partial charge is 0.361 e. The number of H-pyrrole nitrogens is 1. The topological polar surface area (TPSA) is 41.8 Å². The third kappa shape index (κ3) is 2.74. The molecule has 0 atom stereocenters. The number of hydrogen-bond acceptors (Lipinski definition) is 1. The predicted molar refractivity (Wildman–Crippen MR) is 67.4 cm³/mol. The van der Waals surface area contributed by atoms with Crippen molar-refractivity contribution in [3.63, 3.8) is 0 Å². The summed E-state index contributed by atoms with van der Waals surface area (Å²) in [6.07, 6.45) is 2.88. The van der Waals surface area contributed by atoms with Crippen molar-refractivity contribution in [1.29, 1.82) is 0 Å². The molecule has 0 aliphatic carbocycles. The number of nitrogens with two attached hydrogens (primary N) is 1. The first-order valence-electron chi connectivity index (χ1n) is 5.27. The van der Waals surface area contributed by atoms with E-state index in [-0.39, 0.29) is 0 Å². The number of fused-ring (bicyclic) bond motifs is 1. The van der Waals surface area contributed by atoms with E-state index in [0.29, 0.717) is 6.54 Å². The third-order valence-corrected chi connectivity index (χ3v) is 2.38. The van der Waals surface area contributed by atoms with Crippen LogP contribution in [-0.4, -0.2) is 11.5 Å². The van der Waals surface area contributed by atoms with Gasteiger partial charge in [-0.25, -0.2) is 0 Å². The number of aromatic nitrogens is 1. The van der Waals surface area contributed by atoms with Gasteiger partial charge in [-0.1, -0.05) is 25.4 Å². The van der Waals surface area contributed by atoms with E-state index < -0.39 is 0 Å². The number of halogens is 1. The van der Waals surface area contributed by atoms with Crippen molar-refractivity contribution in [2.45, 2.75) is 20.3 Å². The number of benzene rings is 1. The molecule has 3 heteroatoms. The van der Waals surface area contributed by atoms with Gasteiger partial charge in [0.05, 0.1) is 0 Å². The normalized spacial score (nSPS) is 9.87. The predicted octanol–water partition coefficient (Wildman–Crippen LogP) is 3.35. The lowest BCUT2D eigenvalue weighted by Crippen LogP contribution is -2.01. The second-order valence-corrected chi connectivity index (χ2v) is 3.48. The van der Waals surface area contributed by atoms with Gasteiger partial charge in [-0.3, -0.25) is 0 Å². The average Bonchev–Trinajstić information content (AvgIpc) is 2.65. The van der Waals surface area contributed by atoms with E-state index in [2.05, 4.69) is 4.98 Å². The number of rotatable bonds is 2. The minimum absolute atomic E-state index is 0.666. The van der Waals surface area contributed by atoms with Gasteiger partial charge in [0.2, 0.25) is 0 Å². The highest BCUT2D eigenvalue weighted by molar-refractivity contribution is 6.31. The highest BCUT2D eigenvalue weighted by atomic mass is 35.5. The quantitative estimate of drug-likeness (QED) is 0.807. The maximum absolute atomic E-state index is 5.90. The van der Waals surface area contributed by atoms with E-state index in [4.69, 9.17) is 17.3 Å². The molecule has 0 amide bonds. The van der Waals surface area contributed by atoms with Gasteiger partial charge < -0.3 is 10.7 Å². The van der Waals surface area contributed by atoms with Crippen LogP contribution in [0.5, 0.6) is 0 Å². The lowest BCUT2D eigenvalue weighted by molar-refractivity contribution is 0.976. The Balaban J connectivity index is 0.000000531. The number of hydrogen-bond donors (Lipinski definition) is 2. The monoisotopic (exact) mass is 224 g/mol. The zero-order chi connectivity index (χ0) is 11.3. The van der Waals surface area contributed by atoms with Gasteiger partial charge in [0.15, 0.2) is 0 Å². The molecular formula is C12H17ClN2. The van der Waals surface area contributed by atoms with Crippen molar-refractivity contribution >= 4 is 22.5 Å². The van der Waals surface area contributed by atoms with Gasteiger partial charge in [0.25, 0.3) is 0 Å². The van der Waals surface area contributed by atoms with E-state index in [0.717, 1.165) is 17.0 Å². The minimum atomic E-state index is 0.666. The molecule has 2 nitrogen and oxygen atoms in total. The first-order chi connectivity index (χ1) is 7.31. The Morgan fingerprint density at radius 2 is 2.07 bits per heavy atom. The van der Waals surface area contributed by atoms with Crippen LogP contribution in [0.4, 0.5) is 0 Å². The van der Waals surface area contributed by atoms with Crippen molar-refractivity contribution in [2.24, 2.45) is 5.73 Å². The fourth-order valence-corrected chi connectivity index (χ4v) is 1.69. The maximum Gasteiger partial charge on any atom is 0.0457 e. The van der Waals surface area contributed by atoms with Gasteiger partial charge in [0, 0.05) is 22.1 Å². The Labute approximate surface area is 95.4 Å². The molecule has 0 spiro atoms. The van der Waals surface area contributed by atoms with Crippen LogP contribution in [-0.2, 0) is 6.42 Å². The molecule has 0 bridgehead atoms. The first-order valence-corrected chi connectivity index (χ1v) is 5.64. The van der Waals surface area contributed by atoms with Crippen molar-refractivity contribution < 1.29 is 0 Å². The number of nitrogens with one attached hydrogen (secondary N) is 1. The molecule has 0 saturated carbocycles. The molecule has 1 heterocycles. The van der Waals surface area contributed by atoms with Crippen LogP contribution in [0.1, 0.15) is 19.4 Å². The van der Waals surface area contributed by atoms with E-state index >= 15 is 0 Å². The van der Waals surface area contributed by atoms with Crippen molar-refractivity contribution in [3.8, 4) is 0 Å². The van der Waals surface area contributed by atoms with Gasteiger partial charge in [-0.2, -0.15) is 0 Å². The standard InChI is InChI=1S/C10H11ClN2.C2H6/c11-8-1-2-10-9(5-8)7(3-4-12)6-13-10;1-2/h1-2,5-6,13H,3-4,12H2;1-2H3. The molecule has 2 rings (SSSR count). The molecule has 1 aromatic carbocycles. The average molecular weight is 225 g/mol. The van der Waals surface area contributed by atoms with Crippen molar-refractivity contribution in [1.82, 2.24) is 4.98 Å². The summed E-state index contributed by atoms with van der Waals surface area (Å²) in [5.74, 6) is 0. The van der Waals surface area contributed by atoms with Gasteiger partial charge >= 0.3 is 0 Å². The molecule has 0 unspecified atom stereocenters. The molecule has 1 aromatic heterocycles. The second-order valence-electron chi connectivity index (χ2n) is 3.04. The van der Waals surface area contributed by atoms with Crippen LogP contribution in [0.25, 0.3) is 10.9 Å². The van der Waals surface area contributed by atoms with Gasteiger partial charge in [-0.05, 0) is 36.7 Å². The summed E-state index contributed by atoms with van der Waals surface area (Å²) >= 11 is 5.90. The van der Waals surface area contributed by atoms with Crippen LogP contribution < -0.4 is 5.73 Å². The summed E-state index contributed by atoms with van der Waals surface area (Å²) in [5.41, 5.74) is 7.86. The molecule has 2 aromatic rings. The summed E-state index contributed by atoms with van der Waals surface area (Å²) < 4.78 is 0. The second kappa shape index (κ2) is 5.79. The molecule has 3 N–H and O–H groups in total. The Morgan fingerprint density at radius 3 is 2.73 bits per heavy atom. The summed E-state index contributed by atoms with van der Waals surface area (Å²) in [5, 5.41) is 1.95. The van der Waals surface area contributed by atoms with E-state index in [9.17, 15) is 0 Å². The smallest absolute Gasteiger partial charge is 0.0457 e. The summed E-state index contributed by atoms with van der Waals surface area (Å²) in [6, 6.07) is 5.84. The SMILES string of the molecule is CC.NCCc1c[nH]c2ccc(Cl)cc12. The zero-order valence-electron chi connectivity index (χ0n) is 9.18. The molecule has 0 saturated heterocycles. The van der Waals surface area contributed by atoms with Gasteiger partial charge in [0.1, 0.15) is 0 Å². The molecule has 15 heavy (non-hydrogen) atoms. The van der Waals surface area contributed by atoms with Crippen molar-refractivity contribution in [3.05, 3.63) is 35.0 Å². The molecule has 82 valence electrons.